The summed E-state index contributed by atoms with van der Waals surface area (Å²) in [5.41, 5.74) is 6.61. The van der Waals surface area contributed by atoms with Crippen molar-refractivity contribution in [2.45, 2.75) is 52.6 Å². The van der Waals surface area contributed by atoms with E-state index in [1.807, 2.05) is 19.9 Å². The summed E-state index contributed by atoms with van der Waals surface area (Å²) in [6.45, 7) is 9.34. The van der Waals surface area contributed by atoms with Gasteiger partial charge in [-0.2, -0.15) is 0 Å². The predicted octanol–water partition coefficient (Wildman–Crippen LogP) is 5.74. The molecular formula is C25H29N3O4. The molecule has 1 aromatic heterocycles. The molecule has 0 unspecified atom stereocenters. The number of nitrogens with one attached hydrogen (secondary N) is 1. The number of likely N-dealkylation sites (tertiary alicyclic amines) is 1. The first-order valence-electron chi connectivity index (χ1n) is 10.8. The van der Waals surface area contributed by atoms with Crippen LogP contribution >= 0.6 is 0 Å². The first kappa shape index (κ1) is 23.2. The molecule has 1 amide bonds. The molecule has 0 spiro atoms. The molecule has 3 aromatic rings. The molecule has 1 aliphatic heterocycles. The Morgan fingerprint density at radius 2 is 1.75 bits per heavy atom. The Kier molecular flexibility index (Phi) is 7.44. The average Bonchev–Trinajstić information content (AvgIpc) is 3.19. The fourth-order valence-corrected chi connectivity index (χ4v) is 3.81. The van der Waals surface area contributed by atoms with Gasteiger partial charge in [-0.25, -0.2) is 20.0 Å². The second-order valence-corrected chi connectivity index (χ2v) is 8.33. The molecule has 0 atom stereocenters. The monoisotopic (exact) mass is 435 g/mol. The SMILES string of the molecule is Cc1ccc(-c2ccc3oc(C4CCN(C(=O)OC(C)C)CC4)nc3c2)cc1C.N=C=O. The third kappa shape index (κ3) is 5.42. The van der Waals surface area contributed by atoms with Gasteiger partial charge in [0.1, 0.15) is 5.52 Å². The Hall–Kier alpha value is -3.44. The van der Waals surface area contributed by atoms with Gasteiger partial charge >= 0.3 is 6.09 Å². The van der Waals surface area contributed by atoms with Crippen molar-refractivity contribution in [2.24, 2.45) is 0 Å². The van der Waals surface area contributed by atoms with Crippen LogP contribution < -0.4 is 0 Å². The number of hydrogen-bond donors (Lipinski definition) is 1. The first-order chi connectivity index (χ1) is 15.3. The summed E-state index contributed by atoms with van der Waals surface area (Å²) in [7, 11) is 0. The first-order valence-corrected chi connectivity index (χ1v) is 10.8. The second-order valence-electron chi connectivity index (χ2n) is 8.33. The van der Waals surface area contributed by atoms with Crippen LogP contribution in [0.25, 0.3) is 22.2 Å². The van der Waals surface area contributed by atoms with Crippen LogP contribution in [0.1, 0.15) is 49.6 Å². The summed E-state index contributed by atoms with van der Waals surface area (Å²) >= 11 is 0. The molecule has 0 aliphatic carbocycles. The highest BCUT2D eigenvalue weighted by atomic mass is 16.6. The van der Waals surface area contributed by atoms with Crippen molar-refractivity contribution >= 4 is 23.3 Å². The molecule has 0 radical (unpaired) electrons. The minimum atomic E-state index is -0.228. The van der Waals surface area contributed by atoms with E-state index in [0.717, 1.165) is 41.5 Å². The van der Waals surface area contributed by atoms with Crippen molar-refractivity contribution in [1.29, 1.82) is 5.41 Å². The van der Waals surface area contributed by atoms with Gasteiger partial charge in [-0.15, -0.1) is 0 Å². The number of fused-ring (bicyclic) bond motifs is 1. The van der Waals surface area contributed by atoms with Crippen LogP contribution in [0.2, 0.25) is 0 Å². The van der Waals surface area contributed by atoms with E-state index in [-0.39, 0.29) is 18.1 Å². The van der Waals surface area contributed by atoms with Crippen LogP contribution in [-0.2, 0) is 9.53 Å². The van der Waals surface area contributed by atoms with Gasteiger partial charge in [0, 0.05) is 19.0 Å². The van der Waals surface area contributed by atoms with E-state index in [2.05, 4.69) is 44.2 Å². The third-order valence-corrected chi connectivity index (χ3v) is 5.68. The van der Waals surface area contributed by atoms with Gasteiger partial charge in [0.05, 0.1) is 6.10 Å². The van der Waals surface area contributed by atoms with E-state index in [1.54, 1.807) is 4.90 Å². The van der Waals surface area contributed by atoms with E-state index in [9.17, 15) is 4.79 Å². The highest BCUT2D eigenvalue weighted by Crippen LogP contribution is 2.32. The number of carbonyl (C=O) groups excluding carboxylic acids is 2. The quantitative estimate of drug-likeness (QED) is 0.418. The zero-order valence-corrected chi connectivity index (χ0v) is 19.0. The number of nitrogens with zero attached hydrogens (tertiary/aromatic N) is 2. The molecule has 0 saturated carbocycles. The van der Waals surface area contributed by atoms with Gasteiger partial charge < -0.3 is 14.1 Å². The molecule has 1 N–H and O–H groups in total. The van der Waals surface area contributed by atoms with Crippen molar-refractivity contribution < 1.29 is 18.7 Å². The molecule has 1 fully saturated rings. The maximum absolute atomic E-state index is 12.1. The Balaban J connectivity index is 0.000000913. The number of benzene rings is 2. The van der Waals surface area contributed by atoms with Gasteiger partial charge in [0.15, 0.2) is 11.5 Å². The number of isocyanates is 1. The Bertz CT molecular complexity index is 1120. The topological polar surface area (TPSA) is 96.5 Å². The predicted molar refractivity (Wildman–Crippen MR) is 122 cm³/mol. The molecule has 32 heavy (non-hydrogen) atoms. The van der Waals surface area contributed by atoms with Crippen molar-refractivity contribution in [3.05, 3.63) is 53.4 Å². The Morgan fingerprint density at radius 1 is 1.12 bits per heavy atom. The van der Waals surface area contributed by atoms with Crippen molar-refractivity contribution in [1.82, 2.24) is 9.88 Å². The molecule has 2 aromatic carbocycles. The Labute approximate surface area is 187 Å². The third-order valence-electron chi connectivity index (χ3n) is 5.68. The standard InChI is InChI=1S/C24H28N2O3.CHNO/c1-15(2)28-24(27)26-11-9-18(10-12-26)23-25-21-14-20(7-8-22(21)29-23)19-6-5-16(3)17(4)13-19;2-1-3/h5-8,13-15,18H,9-12H2,1-4H3;2H. The molecule has 2 heterocycles. The van der Waals surface area contributed by atoms with Gasteiger partial charge in [0.25, 0.3) is 0 Å². The van der Waals surface area contributed by atoms with E-state index in [0.29, 0.717) is 13.1 Å². The zero-order valence-electron chi connectivity index (χ0n) is 19.0. The lowest BCUT2D eigenvalue weighted by Gasteiger charge is -2.30. The summed E-state index contributed by atoms with van der Waals surface area (Å²) in [5, 5.41) is 5.40. The van der Waals surface area contributed by atoms with Crippen molar-refractivity contribution in [3.63, 3.8) is 0 Å². The lowest BCUT2D eigenvalue weighted by molar-refractivity contribution is 0.0681. The summed E-state index contributed by atoms with van der Waals surface area (Å²) in [5.74, 6) is 1.00. The number of rotatable bonds is 3. The second kappa shape index (κ2) is 10.2. The van der Waals surface area contributed by atoms with E-state index >= 15 is 0 Å². The summed E-state index contributed by atoms with van der Waals surface area (Å²) < 4.78 is 11.4. The van der Waals surface area contributed by atoms with Crippen LogP contribution in [0.15, 0.2) is 40.8 Å². The highest BCUT2D eigenvalue weighted by molar-refractivity contribution is 5.80. The minimum absolute atomic E-state index is 0.0937. The van der Waals surface area contributed by atoms with E-state index in [1.165, 1.54) is 16.7 Å². The smallest absolute Gasteiger partial charge is 0.410 e. The number of aromatic nitrogens is 1. The lowest BCUT2D eigenvalue weighted by atomic mass is 9.97. The lowest BCUT2D eigenvalue weighted by Crippen LogP contribution is -2.39. The minimum Gasteiger partial charge on any atom is -0.447 e. The molecule has 7 nitrogen and oxygen atoms in total. The van der Waals surface area contributed by atoms with Crippen LogP contribution in [0.4, 0.5) is 4.79 Å². The van der Waals surface area contributed by atoms with Crippen LogP contribution in [-0.4, -0.2) is 41.3 Å². The molecule has 1 saturated heterocycles. The van der Waals surface area contributed by atoms with Gasteiger partial charge in [0.2, 0.25) is 6.08 Å². The van der Waals surface area contributed by atoms with Gasteiger partial charge in [-0.3, -0.25) is 0 Å². The maximum Gasteiger partial charge on any atom is 0.410 e. The number of amides is 1. The average molecular weight is 436 g/mol. The zero-order chi connectivity index (χ0) is 23.3. The number of hydrogen-bond acceptors (Lipinski definition) is 6. The highest BCUT2D eigenvalue weighted by Gasteiger charge is 2.28. The molecule has 4 rings (SSSR count). The fraction of sp³-hybridized carbons (Fsp3) is 0.400. The molecule has 7 heteroatoms. The molecular weight excluding hydrogens is 406 g/mol. The molecule has 0 bridgehead atoms. The van der Waals surface area contributed by atoms with Crippen LogP contribution in [0, 0.1) is 19.3 Å². The summed E-state index contributed by atoms with van der Waals surface area (Å²) in [4.78, 5) is 27.0. The van der Waals surface area contributed by atoms with E-state index in [4.69, 9.17) is 24.3 Å². The number of oxazole rings is 1. The maximum atomic E-state index is 12.1. The number of aryl methyl sites for hydroxylation is 2. The van der Waals surface area contributed by atoms with Gasteiger partial charge in [-0.05, 0) is 74.9 Å². The number of carbonyl (C=O) groups is 1. The summed E-state index contributed by atoms with van der Waals surface area (Å²) in [6, 6.07) is 12.7. The normalized spacial score (nSPS) is 14.1. The largest absolute Gasteiger partial charge is 0.447 e. The molecule has 168 valence electrons. The van der Waals surface area contributed by atoms with Gasteiger partial charge in [-0.1, -0.05) is 24.3 Å². The number of piperidine rings is 1. The van der Waals surface area contributed by atoms with Crippen molar-refractivity contribution in [3.8, 4) is 11.1 Å². The van der Waals surface area contributed by atoms with Crippen LogP contribution in [0.5, 0.6) is 0 Å². The van der Waals surface area contributed by atoms with Crippen LogP contribution in [0.3, 0.4) is 0 Å². The number of ether oxygens (including phenoxy) is 1. The summed E-state index contributed by atoms with van der Waals surface area (Å²) in [6.07, 6.45) is 2.10. The molecule has 1 aliphatic rings. The van der Waals surface area contributed by atoms with Crippen molar-refractivity contribution in [2.75, 3.05) is 13.1 Å². The fourth-order valence-electron chi connectivity index (χ4n) is 3.81. The van der Waals surface area contributed by atoms with E-state index < -0.39 is 0 Å². The Morgan fingerprint density at radius 3 is 2.38 bits per heavy atom.